The number of aromatic nitrogens is 1. The lowest BCUT2D eigenvalue weighted by Gasteiger charge is -2.07. The normalized spacial score (nSPS) is 13.3. The highest BCUT2D eigenvalue weighted by atomic mass is 16.3. The topological polar surface area (TPSA) is 25.2 Å². The summed E-state index contributed by atoms with van der Waals surface area (Å²) in [4.78, 5) is 0. The number of fused-ring (bicyclic) bond motifs is 1. The summed E-state index contributed by atoms with van der Waals surface area (Å²) in [5.41, 5.74) is 3.76. The van der Waals surface area contributed by atoms with Crippen molar-refractivity contribution in [3.05, 3.63) is 35.5 Å². The number of hydrogen-bond acceptors (Lipinski definition) is 1. The molecule has 1 heterocycles. The Morgan fingerprint density at radius 2 is 2.13 bits per heavy atom. The van der Waals surface area contributed by atoms with E-state index in [9.17, 15) is 5.11 Å². The first-order valence-corrected chi connectivity index (χ1v) is 5.31. The van der Waals surface area contributed by atoms with Crippen LogP contribution in [-0.2, 0) is 13.5 Å². The second kappa shape index (κ2) is 3.70. The molecular formula is C13H17NO. The number of hydrogen-bond donors (Lipinski definition) is 1. The maximum absolute atomic E-state index is 9.46. The van der Waals surface area contributed by atoms with E-state index < -0.39 is 0 Å². The molecule has 2 aromatic rings. The molecule has 0 saturated carbocycles. The minimum atomic E-state index is -0.282. The zero-order valence-corrected chi connectivity index (χ0v) is 9.49. The largest absolute Gasteiger partial charge is 0.393 e. The molecule has 1 unspecified atom stereocenters. The van der Waals surface area contributed by atoms with E-state index in [4.69, 9.17) is 0 Å². The molecule has 0 saturated heterocycles. The summed E-state index contributed by atoms with van der Waals surface area (Å²) in [6.07, 6.45) is 2.58. The van der Waals surface area contributed by atoms with E-state index in [2.05, 4.69) is 42.9 Å². The van der Waals surface area contributed by atoms with Gasteiger partial charge in [-0.15, -0.1) is 0 Å². The quantitative estimate of drug-likeness (QED) is 0.796. The third kappa shape index (κ3) is 1.77. The Bertz CT molecular complexity index is 482. The summed E-state index contributed by atoms with van der Waals surface area (Å²) in [5.74, 6) is 0. The maximum atomic E-state index is 9.46. The molecule has 0 fully saturated rings. The molecular weight excluding hydrogens is 186 g/mol. The van der Waals surface area contributed by atoms with Crippen molar-refractivity contribution in [3.63, 3.8) is 0 Å². The second-order valence-electron chi connectivity index (χ2n) is 4.29. The van der Waals surface area contributed by atoms with E-state index in [-0.39, 0.29) is 6.10 Å². The Hall–Kier alpha value is -1.28. The van der Waals surface area contributed by atoms with Crippen LogP contribution in [0.3, 0.4) is 0 Å². The van der Waals surface area contributed by atoms with Crippen LogP contribution in [0.25, 0.3) is 10.9 Å². The molecule has 1 aromatic heterocycles. The summed E-state index contributed by atoms with van der Waals surface area (Å²) < 4.78 is 2.14. The summed E-state index contributed by atoms with van der Waals surface area (Å²) in [6.45, 7) is 3.95. The number of benzene rings is 1. The van der Waals surface area contributed by atoms with Crippen LogP contribution in [-0.4, -0.2) is 15.8 Å². The van der Waals surface area contributed by atoms with E-state index in [0.717, 1.165) is 6.42 Å². The fraction of sp³-hybridized carbons (Fsp3) is 0.385. The van der Waals surface area contributed by atoms with Crippen molar-refractivity contribution in [1.82, 2.24) is 4.57 Å². The van der Waals surface area contributed by atoms with Gasteiger partial charge in [0.2, 0.25) is 0 Å². The predicted octanol–water partition coefficient (Wildman–Crippen LogP) is 2.41. The lowest BCUT2D eigenvalue weighted by atomic mass is 10.0. The van der Waals surface area contributed by atoms with Crippen LogP contribution in [0.5, 0.6) is 0 Å². The summed E-state index contributed by atoms with van der Waals surface area (Å²) in [5, 5.41) is 10.7. The van der Waals surface area contributed by atoms with Crippen LogP contribution in [0.1, 0.15) is 18.1 Å². The monoisotopic (exact) mass is 203 g/mol. The maximum Gasteiger partial charge on any atom is 0.0552 e. The van der Waals surface area contributed by atoms with Crippen molar-refractivity contribution in [2.45, 2.75) is 26.4 Å². The van der Waals surface area contributed by atoms with Gasteiger partial charge in [-0.25, -0.2) is 0 Å². The molecule has 2 heteroatoms. The lowest BCUT2D eigenvalue weighted by molar-refractivity contribution is 0.196. The van der Waals surface area contributed by atoms with Gasteiger partial charge in [-0.2, -0.15) is 0 Å². The van der Waals surface area contributed by atoms with E-state index >= 15 is 0 Å². The molecule has 0 bridgehead atoms. The molecule has 0 radical (unpaired) electrons. The van der Waals surface area contributed by atoms with Crippen molar-refractivity contribution in [1.29, 1.82) is 0 Å². The fourth-order valence-electron chi connectivity index (χ4n) is 2.25. The molecule has 2 nitrogen and oxygen atoms in total. The molecule has 0 aliphatic carbocycles. The molecule has 2 rings (SSSR count). The van der Waals surface area contributed by atoms with Crippen LogP contribution in [0.2, 0.25) is 0 Å². The minimum Gasteiger partial charge on any atom is -0.393 e. The SMILES string of the molecule is Cc1cn(C)c2cccc(CC(C)O)c12. The van der Waals surface area contributed by atoms with Crippen LogP contribution >= 0.6 is 0 Å². The molecule has 1 atom stereocenters. The Labute approximate surface area is 90.2 Å². The van der Waals surface area contributed by atoms with E-state index in [1.165, 1.54) is 22.0 Å². The van der Waals surface area contributed by atoms with Crippen molar-refractivity contribution >= 4 is 10.9 Å². The van der Waals surface area contributed by atoms with Gasteiger partial charge in [0.1, 0.15) is 0 Å². The van der Waals surface area contributed by atoms with Gasteiger partial charge in [0, 0.05) is 24.1 Å². The fourth-order valence-corrected chi connectivity index (χ4v) is 2.25. The zero-order valence-electron chi connectivity index (χ0n) is 9.49. The van der Waals surface area contributed by atoms with E-state index in [1.807, 2.05) is 6.92 Å². The second-order valence-corrected chi connectivity index (χ2v) is 4.29. The standard InChI is InChI=1S/C13H17NO/c1-9-8-14(3)12-6-4-5-11(13(9)12)7-10(2)15/h4-6,8,10,15H,7H2,1-3H3. The van der Waals surface area contributed by atoms with Gasteiger partial charge in [0.25, 0.3) is 0 Å². The van der Waals surface area contributed by atoms with Gasteiger partial charge in [-0.05, 0) is 37.5 Å². The summed E-state index contributed by atoms with van der Waals surface area (Å²) in [6, 6.07) is 6.27. The smallest absolute Gasteiger partial charge is 0.0552 e. The van der Waals surface area contributed by atoms with Crippen LogP contribution in [0.15, 0.2) is 24.4 Å². The first kappa shape index (κ1) is 10.2. The first-order valence-electron chi connectivity index (χ1n) is 5.31. The summed E-state index contributed by atoms with van der Waals surface area (Å²) in [7, 11) is 2.06. The number of nitrogens with zero attached hydrogens (tertiary/aromatic N) is 1. The van der Waals surface area contributed by atoms with Gasteiger partial charge < -0.3 is 9.67 Å². The molecule has 1 aromatic carbocycles. The number of aliphatic hydroxyl groups is 1. The minimum absolute atomic E-state index is 0.282. The number of aliphatic hydroxyl groups excluding tert-OH is 1. The lowest BCUT2D eigenvalue weighted by Crippen LogP contribution is -2.04. The highest BCUT2D eigenvalue weighted by Crippen LogP contribution is 2.24. The predicted molar refractivity (Wildman–Crippen MR) is 63.0 cm³/mol. The van der Waals surface area contributed by atoms with Gasteiger partial charge in [-0.3, -0.25) is 0 Å². The van der Waals surface area contributed by atoms with Gasteiger partial charge in [0.05, 0.1) is 6.10 Å². The number of aryl methyl sites for hydroxylation is 2. The molecule has 0 spiro atoms. The zero-order chi connectivity index (χ0) is 11.0. The van der Waals surface area contributed by atoms with Crippen LogP contribution in [0, 0.1) is 6.92 Å². The average Bonchev–Trinajstić information content (AvgIpc) is 2.43. The van der Waals surface area contributed by atoms with Gasteiger partial charge in [-0.1, -0.05) is 12.1 Å². The summed E-state index contributed by atoms with van der Waals surface area (Å²) >= 11 is 0. The molecule has 0 amide bonds. The van der Waals surface area contributed by atoms with Crippen LogP contribution < -0.4 is 0 Å². The molecule has 80 valence electrons. The molecule has 1 N–H and O–H groups in total. The Morgan fingerprint density at radius 3 is 2.80 bits per heavy atom. The van der Waals surface area contributed by atoms with E-state index in [0.29, 0.717) is 0 Å². The molecule has 15 heavy (non-hydrogen) atoms. The van der Waals surface area contributed by atoms with E-state index in [1.54, 1.807) is 0 Å². The number of rotatable bonds is 2. The highest BCUT2D eigenvalue weighted by molar-refractivity contribution is 5.87. The molecule has 0 aliphatic heterocycles. The Kier molecular flexibility index (Phi) is 2.53. The third-order valence-electron chi connectivity index (χ3n) is 2.81. The Balaban J connectivity index is 2.64. The molecule has 0 aliphatic rings. The van der Waals surface area contributed by atoms with Crippen molar-refractivity contribution in [2.24, 2.45) is 7.05 Å². The Morgan fingerprint density at radius 1 is 1.40 bits per heavy atom. The van der Waals surface area contributed by atoms with Gasteiger partial charge >= 0.3 is 0 Å². The van der Waals surface area contributed by atoms with Crippen molar-refractivity contribution in [3.8, 4) is 0 Å². The highest BCUT2D eigenvalue weighted by Gasteiger charge is 2.09. The van der Waals surface area contributed by atoms with Gasteiger partial charge in [0.15, 0.2) is 0 Å². The van der Waals surface area contributed by atoms with Crippen LogP contribution in [0.4, 0.5) is 0 Å². The van der Waals surface area contributed by atoms with Crippen molar-refractivity contribution in [2.75, 3.05) is 0 Å². The third-order valence-corrected chi connectivity index (χ3v) is 2.81. The van der Waals surface area contributed by atoms with Crippen molar-refractivity contribution < 1.29 is 5.11 Å². The first-order chi connectivity index (χ1) is 7.09. The average molecular weight is 203 g/mol.